The fourth-order valence-electron chi connectivity index (χ4n) is 1.12. The van der Waals surface area contributed by atoms with Crippen molar-refractivity contribution in [2.24, 2.45) is 5.16 Å². The van der Waals surface area contributed by atoms with E-state index >= 15 is 0 Å². The van der Waals surface area contributed by atoms with Gasteiger partial charge in [0.25, 0.3) is 5.90 Å². The third-order valence-electron chi connectivity index (χ3n) is 1.82. The van der Waals surface area contributed by atoms with Gasteiger partial charge in [-0.2, -0.15) is 8.42 Å². The number of nitrogens with one attached hydrogen (secondary N) is 1. The van der Waals surface area contributed by atoms with E-state index in [1.165, 1.54) is 0 Å². The number of hydroxylamine groups is 2. The fraction of sp³-hybridized carbons (Fsp3) is 0.714. The van der Waals surface area contributed by atoms with Crippen molar-refractivity contribution < 1.29 is 18.5 Å². The van der Waals surface area contributed by atoms with Crippen LogP contribution in [-0.4, -0.2) is 56.1 Å². The predicted octanol–water partition coefficient (Wildman–Crippen LogP) is -1.32. The Hall–Kier alpha value is -1.12. The number of rotatable bonds is 3. The van der Waals surface area contributed by atoms with E-state index in [0.29, 0.717) is 13.1 Å². The van der Waals surface area contributed by atoms with Crippen LogP contribution in [0.15, 0.2) is 5.16 Å². The molecule has 1 fully saturated rings. The quantitative estimate of drug-likeness (QED) is 0.207. The van der Waals surface area contributed by atoms with Crippen molar-refractivity contribution in [3.63, 3.8) is 0 Å². The molecule has 1 rings (SSSR count). The van der Waals surface area contributed by atoms with Crippen LogP contribution in [0.1, 0.15) is 6.42 Å². The molecule has 2 N–H and O–H groups in total. The van der Waals surface area contributed by atoms with Gasteiger partial charge in [0, 0.05) is 31.5 Å². The van der Waals surface area contributed by atoms with E-state index in [0.717, 1.165) is 18.5 Å². The molecule has 15 heavy (non-hydrogen) atoms. The second-order valence-corrected chi connectivity index (χ2v) is 3.75. The molecule has 1 aliphatic rings. The molecule has 0 radical (unpaired) electrons. The molecule has 0 amide bonds. The summed E-state index contributed by atoms with van der Waals surface area (Å²) in [5.41, 5.74) is 0. The molecule has 0 unspecified atom stereocenters. The first-order valence-electron chi connectivity index (χ1n) is 4.48. The maximum Gasteiger partial charge on any atom is 0.254 e. The summed E-state index contributed by atoms with van der Waals surface area (Å²) in [6, 6.07) is 0. The van der Waals surface area contributed by atoms with Gasteiger partial charge in [-0.25, -0.2) is 0 Å². The van der Waals surface area contributed by atoms with Gasteiger partial charge in [0.2, 0.25) is 10.3 Å². The zero-order valence-corrected chi connectivity index (χ0v) is 8.90. The molecule has 86 valence electrons. The maximum atomic E-state index is 10.2. The highest BCUT2D eigenvalue weighted by Crippen LogP contribution is 1.97. The molecule has 0 aliphatic carbocycles. The van der Waals surface area contributed by atoms with Crippen LogP contribution in [0, 0.1) is 0 Å². The minimum atomic E-state index is -2.27. The number of oxime groups is 1. The summed E-state index contributed by atoms with van der Waals surface area (Å²) in [7, 11) is -2.27. The van der Waals surface area contributed by atoms with Crippen LogP contribution in [0.25, 0.3) is 0 Å². The molecule has 1 aliphatic heterocycles. The molecule has 0 aromatic heterocycles. The first kappa shape index (κ1) is 12.0. The minimum absolute atomic E-state index is 0.0268. The SMILES string of the molecule is O=S(=O)=CC/C(=N\O)ON1CCNCC1. The molecule has 1 saturated heterocycles. The lowest BCUT2D eigenvalue weighted by Crippen LogP contribution is -2.44. The maximum absolute atomic E-state index is 10.2. The first-order chi connectivity index (χ1) is 7.22. The summed E-state index contributed by atoms with van der Waals surface area (Å²) in [5, 5.41) is 17.2. The molecular formula is C7H13N3O4S. The van der Waals surface area contributed by atoms with Crippen molar-refractivity contribution in [1.29, 1.82) is 0 Å². The highest BCUT2D eigenvalue weighted by molar-refractivity contribution is 7.71. The molecule has 0 aromatic rings. The zero-order chi connectivity index (χ0) is 11.1. The Balaban J connectivity index is 2.42. The highest BCUT2D eigenvalue weighted by Gasteiger charge is 2.13. The first-order valence-corrected chi connectivity index (χ1v) is 5.62. The van der Waals surface area contributed by atoms with E-state index in [2.05, 4.69) is 10.5 Å². The Morgan fingerprint density at radius 2 is 2.20 bits per heavy atom. The van der Waals surface area contributed by atoms with E-state index in [4.69, 9.17) is 10.0 Å². The third kappa shape index (κ3) is 4.77. The summed E-state index contributed by atoms with van der Waals surface area (Å²) in [5.74, 6) is -0.0268. The van der Waals surface area contributed by atoms with Gasteiger partial charge in [0.05, 0.1) is 6.42 Å². The van der Waals surface area contributed by atoms with Gasteiger partial charge in [-0.05, 0) is 0 Å². The standard InChI is InChI=1S/C7H13N3O4S/c11-9-7(1-6-15(12)13)14-10-4-2-8-3-5-10/h6,8,11H,1-5H2/b9-7+. The third-order valence-corrected chi connectivity index (χ3v) is 2.25. The summed E-state index contributed by atoms with van der Waals surface area (Å²) in [4.78, 5) is 5.18. The summed E-state index contributed by atoms with van der Waals surface area (Å²) in [6.45, 7) is 2.91. The number of piperazine rings is 1. The topological polar surface area (TPSA) is 91.2 Å². The Morgan fingerprint density at radius 3 is 2.73 bits per heavy atom. The Morgan fingerprint density at radius 1 is 1.53 bits per heavy atom. The lowest BCUT2D eigenvalue weighted by atomic mass is 10.4. The lowest BCUT2D eigenvalue weighted by molar-refractivity contribution is -0.0846. The van der Waals surface area contributed by atoms with Crippen LogP contribution in [0.4, 0.5) is 0 Å². The number of hydrogen-bond acceptors (Lipinski definition) is 7. The van der Waals surface area contributed by atoms with E-state index in [-0.39, 0.29) is 12.3 Å². The van der Waals surface area contributed by atoms with Crippen LogP contribution in [0.3, 0.4) is 0 Å². The highest BCUT2D eigenvalue weighted by atomic mass is 32.2. The molecule has 0 spiro atoms. The Kier molecular flexibility index (Phi) is 5.08. The predicted molar refractivity (Wildman–Crippen MR) is 54.4 cm³/mol. The Labute approximate surface area is 88.8 Å². The minimum Gasteiger partial charge on any atom is -0.408 e. The van der Waals surface area contributed by atoms with Crippen LogP contribution < -0.4 is 5.32 Å². The second-order valence-electron chi connectivity index (χ2n) is 2.90. The Bertz CT molecular complexity index is 337. The van der Waals surface area contributed by atoms with Crippen LogP contribution in [0.2, 0.25) is 0 Å². The van der Waals surface area contributed by atoms with Crippen molar-refractivity contribution >= 4 is 21.6 Å². The average Bonchev–Trinajstić information content (AvgIpc) is 2.25. The van der Waals surface area contributed by atoms with Gasteiger partial charge in [0.1, 0.15) is 0 Å². The lowest BCUT2D eigenvalue weighted by Gasteiger charge is -2.26. The van der Waals surface area contributed by atoms with Crippen LogP contribution >= 0.6 is 0 Å². The number of nitrogens with zero attached hydrogens (tertiary/aromatic N) is 2. The molecule has 0 saturated carbocycles. The van der Waals surface area contributed by atoms with Gasteiger partial charge in [0.15, 0.2) is 0 Å². The van der Waals surface area contributed by atoms with Crippen molar-refractivity contribution in [2.75, 3.05) is 26.2 Å². The molecule has 0 aromatic carbocycles. The molecule has 0 bridgehead atoms. The number of hydrogen-bond donors (Lipinski definition) is 2. The molecule has 7 nitrogen and oxygen atoms in total. The van der Waals surface area contributed by atoms with Crippen molar-refractivity contribution in [2.45, 2.75) is 6.42 Å². The molecular weight excluding hydrogens is 222 g/mol. The second kappa shape index (κ2) is 6.38. The normalized spacial score (nSPS) is 18.5. The molecule has 0 atom stereocenters. The smallest absolute Gasteiger partial charge is 0.254 e. The van der Waals surface area contributed by atoms with Crippen molar-refractivity contribution in [3.05, 3.63) is 0 Å². The van der Waals surface area contributed by atoms with Crippen LogP contribution in [-0.2, 0) is 15.1 Å². The molecule has 8 heteroatoms. The van der Waals surface area contributed by atoms with Crippen LogP contribution in [0.5, 0.6) is 0 Å². The van der Waals surface area contributed by atoms with E-state index in [9.17, 15) is 8.42 Å². The van der Waals surface area contributed by atoms with Gasteiger partial charge in [-0.15, -0.1) is 5.06 Å². The van der Waals surface area contributed by atoms with Gasteiger partial charge in [-0.1, -0.05) is 5.16 Å². The van der Waals surface area contributed by atoms with Crippen molar-refractivity contribution in [1.82, 2.24) is 10.4 Å². The van der Waals surface area contributed by atoms with Gasteiger partial charge >= 0.3 is 0 Å². The van der Waals surface area contributed by atoms with E-state index < -0.39 is 10.3 Å². The summed E-state index contributed by atoms with van der Waals surface area (Å²) >= 11 is 0. The van der Waals surface area contributed by atoms with E-state index in [1.807, 2.05) is 0 Å². The van der Waals surface area contributed by atoms with Crippen molar-refractivity contribution in [3.8, 4) is 0 Å². The van der Waals surface area contributed by atoms with Gasteiger partial charge < -0.3 is 15.4 Å². The summed E-state index contributed by atoms with van der Waals surface area (Å²) in [6.07, 6.45) is -0.0451. The average molecular weight is 235 g/mol. The largest absolute Gasteiger partial charge is 0.408 e. The van der Waals surface area contributed by atoms with E-state index in [1.54, 1.807) is 5.06 Å². The molecule has 1 heterocycles. The fourth-order valence-corrected chi connectivity index (χ4v) is 1.40. The summed E-state index contributed by atoms with van der Waals surface area (Å²) < 4.78 is 20.5. The van der Waals surface area contributed by atoms with Gasteiger partial charge in [-0.3, -0.25) is 0 Å². The monoisotopic (exact) mass is 235 g/mol. The zero-order valence-electron chi connectivity index (χ0n) is 8.09.